The normalized spacial score (nSPS) is 25.2. The Morgan fingerprint density at radius 1 is 1.14 bits per heavy atom. The SMILES string of the molecule is COc1cc2ccc3cc2cc1CCCCOC(=O)N[C@@H](C(C)(C)C)C(=O)N1C[C@@]3(OC)C[C@H]1C(=O)O. The van der Waals surface area contributed by atoms with Crippen LogP contribution >= 0.6 is 0 Å². The zero-order valence-corrected chi connectivity index (χ0v) is 22.1. The molecule has 0 aliphatic carbocycles. The van der Waals surface area contributed by atoms with E-state index >= 15 is 0 Å². The van der Waals surface area contributed by atoms with Gasteiger partial charge in [-0.2, -0.15) is 0 Å². The Bertz CT molecular complexity index is 1200. The number of hydrogen-bond donors (Lipinski definition) is 2. The first kappa shape index (κ1) is 26.7. The van der Waals surface area contributed by atoms with E-state index in [1.165, 1.54) is 12.0 Å². The number of benzene rings is 2. The summed E-state index contributed by atoms with van der Waals surface area (Å²) in [7, 11) is 3.18. The summed E-state index contributed by atoms with van der Waals surface area (Å²) >= 11 is 0. The molecule has 3 atom stereocenters. The number of amides is 2. The highest BCUT2D eigenvalue weighted by Gasteiger charge is 2.52. The largest absolute Gasteiger partial charge is 0.496 e. The minimum Gasteiger partial charge on any atom is -0.496 e. The monoisotopic (exact) mass is 512 g/mol. The minimum atomic E-state index is -1.12. The fourth-order valence-electron chi connectivity index (χ4n) is 5.35. The number of carbonyl (C=O) groups excluding carboxylic acids is 2. The van der Waals surface area contributed by atoms with Crippen LogP contribution in [-0.2, 0) is 31.1 Å². The van der Waals surface area contributed by atoms with E-state index in [2.05, 4.69) is 11.4 Å². The Hall–Kier alpha value is -3.33. The van der Waals surface area contributed by atoms with Crippen LogP contribution in [0.15, 0.2) is 30.3 Å². The van der Waals surface area contributed by atoms with Crippen LogP contribution in [-0.4, -0.2) is 67.4 Å². The van der Waals surface area contributed by atoms with Crippen LogP contribution in [0.2, 0.25) is 0 Å². The quantitative estimate of drug-likeness (QED) is 0.642. The summed E-state index contributed by atoms with van der Waals surface area (Å²) in [6.45, 7) is 5.70. The first-order chi connectivity index (χ1) is 17.5. The third kappa shape index (κ3) is 5.23. The van der Waals surface area contributed by atoms with Gasteiger partial charge in [-0.25, -0.2) is 9.59 Å². The molecular formula is C28H36N2O7. The average molecular weight is 513 g/mol. The molecule has 9 heteroatoms. The van der Waals surface area contributed by atoms with Gasteiger partial charge in [0.25, 0.3) is 0 Å². The molecule has 2 aliphatic heterocycles. The molecule has 2 aromatic carbocycles. The fraction of sp³-hybridized carbons (Fsp3) is 0.536. The van der Waals surface area contributed by atoms with Crippen LogP contribution in [0, 0.1) is 5.41 Å². The van der Waals surface area contributed by atoms with Crippen LogP contribution in [0.4, 0.5) is 4.79 Å². The van der Waals surface area contributed by atoms with E-state index in [1.807, 2.05) is 45.0 Å². The number of aryl methyl sites for hydroxylation is 1. The highest BCUT2D eigenvalue weighted by molar-refractivity contribution is 5.91. The lowest BCUT2D eigenvalue weighted by atomic mass is 9.85. The van der Waals surface area contributed by atoms with Crippen LogP contribution in [0.5, 0.6) is 5.75 Å². The molecule has 2 heterocycles. The molecule has 4 rings (SSSR count). The number of carboxylic acid groups (broad SMARTS) is 1. The Kier molecular flexibility index (Phi) is 7.37. The number of nitrogens with one attached hydrogen (secondary N) is 1. The zero-order chi connectivity index (χ0) is 27.0. The first-order valence-corrected chi connectivity index (χ1v) is 12.6. The summed E-state index contributed by atoms with van der Waals surface area (Å²) in [6.07, 6.45) is 1.55. The number of nitrogens with zero attached hydrogens (tertiary/aromatic N) is 1. The number of rotatable bonds is 3. The van der Waals surface area contributed by atoms with Crippen molar-refractivity contribution in [2.45, 2.75) is 64.1 Å². The van der Waals surface area contributed by atoms with Crippen molar-refractivity contribution in [1.29, 1.82) is 0 Å². The van der Waals surface area contributed by atoms with Gasteiger partial charge in [0.1, 0.15) is 23.4 Å². The Morgan fingerprint density at radius 3 is 2.54 bits per heavy atom. The van der Waals surface area contributed by atoms with Crippen molar-refractivity contribution >= 4 is 28.7 Å². The summed E-state index contributed by atoms with van der Waals surface area (Å²) in [6, 6.07) is 7.88. The van der Waals surface area contributed by atoms with Crippen molar-refractivity contribution in [3.8, 4) is 5.75 Å². The van der Waals surface area contributed by atoms with E-state index in [1.54, 1.807) is 7.11 Å². The minimum absolute atomic E-state index is 0.0388. The second kappa shape index (κ2) is 10.2. The van der Waals surface area contributed by atoms with Crippen molar-refractivity contribution < 1.29 is 33.7 Å². The third-order valence-electron chi connectivity index (χ3n) is 7.50. The fourth-order valence-corrected chi connectivity index (χ4v) is 5.35. The maximum absolute atomic E-state index is 13.8. The number of methoxy groups -OCH3 is 2. The van der Waals surface area contributed by atoms with E-state index in [0.717, 1.165) is 40.5 Å². The molecule has 2 aromatic rings. The van der Waals surface area contributed by atoms with Gasteiger partial charge in [0, 0.05) is 13.5 Å². The molecule has 0 saturated carbocycles. The number of ether oxygens (including phenoxy) is 3. The Morgan fingerprint density at radius 2 is 1.89 bits per heavy atom. The van der Waals surface area contributed by atoms with E-state index in [-0.39, 0.29) is 19.6 Å². The van der Waals surface area contributed by atoms with Gasteiger partial charge in [0.15, 0.2) is 0 Å². The molecule has 1 saturated heterocycles. The molecule has 0 aromatic heterocycles. The predicted octanol–water partition coefficient (Wildman–Crippen LogP) is 3.85. The highest BCUT2D eigenvalue weighted by atomic mass is 16.5. The molecule has 2 aliphatic rings. The Labute approximate surface area is 217 Å². The van der Waals surface area contributed by atoms with E-state index < -0.39 is 41.1 Å². The van der Waals surface area contributed by atoms with Crippen LogP contribution in [0.25, 0.3) is 10.8 Å². The lowest BCUT2D eigenvalue weighted by molar-refractivity contribution is -0.150. The van der Waals surface area contributed by atoms with Crippen LogP contribution < -0.4 is 10.1 Å². The first-order valence-electron chi connectivity index (χ1n) is 12.6. The highest BCUT2D eigenvalue weighted by Crippen LogP contribution is 2.42. The summed E-state index contributed by atoms with van der Waals surface area (Å²) in [4.78, 5) is 40.1. The molecule has 200 valence electrons. The summed E-state index contributed by atoms with van der Waals surface area (Å²) in [5, 5.41) is 14.7. The van der Waals surface area contributed by atoms with Gasteiger partial charge in [-0.1, -0.05) is 32.9 Å². The number of cyclic esters (lactones) is 1. The smallest absolute Gasteiger partial charge is 0.407 e. The van der Waals surface area contributed by atoms with E-state index in [0.29, 0.717) is 6.42 Å². The van der Waals surface area contributed by atoms with Crippen LogP contribution in [0.1, 0.15) is 51.2 Å². The van der Waals surface area contributed by atoms with Crippen molar-refractivity contribution in [1.82, 2.24) is 10.2 Å². The molecule has 2 N–H and O–H groups in total. The number of carbonyl (C=O) groups is 3. The summed E-state index contributed by atoms with van der Waals surface area (Å²) in [5.74, 6) is -0.812. The number of alkyl carbamates (subject to hydrolysis) is 1. The van der Waals surface area contributed by atoms with E-state index in [4.69, 9.17) is 14.2 Å². The maximum atomic E-state index is 13.8. The lowest BCUT2D eigenvalue weighted by Crippen LogP contribution is -2.57. The molecule has 9 nitrogen and oxygen atoms in total. The lowest BCUT2D eigenvalue weighted by Gasteiger charge is -2.35. The predicted molar refractivity (Wildman–Crippen MR) is 138 cm³/mol. The van der Waals surface area contributed by atoms with E-state index in [9.17, 15) is 19.5 Å². The second-order valence-corrected chi connectivity index (χ2v) is 11.0. The molecule has 2 amide bonds. The molecule has 1 fully saturated rings. The van der Waals surface area contributed by atoms with Gasteiger partial charge < -0.3 is 29.5 Å². The van der Waals surface area contributed by atoms with Crippen molar-refractivity contribution in [2.24, 2.45) is 5.41 Å². The van der Waals surface area contributed by atoms with Gasteiger partial charge in [-0.05, 0) is 64.8 Å². The Balaban J connectivity index is 1.84. The van der Waals surface area contributed by atoms with Gasteiger partial charge in [0.05, 0.1) is 20.3 Å². The molecular weight excluding hydrogens is 476 g/mol. The topological polar surface area (TPSA) is 114 Å². The van der Waals surface area contributed by atoms with Gasteiger partial charge >= 0.3 is 12.1 Å². The average Bonchev–Trinajstić information content (AvgIpc) is 3.26. The number of carboxylic acids is 1. The van der Waals surface area contributed by atoms with Gasteiger partial charge in [-0.3, -0.25) is 4.79 Å². The molecule has 0 unspecified atom stereocenters. The molecule has 5 bridgehead atoms. The third-order valence-corrected chi connectivity index (χ3v) is 7.50. The standard InChI is InChI=1S/C28H36N2O7/c1-27(2,3)23-24(31)30-16-28(36-5,15-21(30)25(32)33)20-10-9-17-14-22(35-4)18(12-19(17)13-20)8-6-7-11-37-26(34)29-23/h9-10,12-14,21,23H,6-8,11,15-16H2,1-5H3,(H,29,34)(H,32,33)/t21-,23+,28-/m0/s1. The number of fused-ring (bicyclic) bond motifs is 5. The zero-order valence-electron chi connectivity index (χ0n) is 22.1. The van der Waals surface area contributed by atoms with Crippen molar-refractivity contribution in [2.75, 3.05) is 27.4 Å². The molecule has 0 radical (unpaired) electrons. The second-order valence-electron chi connectivity index (χ2n) is 11.0. The number of hydrogen-bond acceptors (Lipinski definition) is 6. The van der Waals surface area contributed by atoms with Gasteiger partial charge in [-0.15, -0.1) is 0 Å². The molecule has 37 heavy (non-hydrogen) atoms. The van der Waals surface area contributed by atoms with Crippen molar-refractivity contribution in [3.05, 3.63) is 41.5 Å². The number of aliphatic carboxylic acids is 1. The van der Waals surface area contributed by atoms with Crippen molar-refractivity contribution in [3.63, 3.8) is 0 Å². The maximum Gasteiger partial charge on any atom is 0.407 e. The van der Waals surface area contributed by atoms with Crippen LogP contribution in [0.3, 0.4) is 0 Å². The summed E-state index contributed by atoms with van der Waals surface area (Å²) in [5.41, 5.74) is 0.120. The molecule has 0 spiro atoms. The van der Waals surface area contributed by atoms with Gasteiger partial charge in [0.2, 0.25) is 5.91 Å². The summed E-state index contributed by atoms with van der Waals surface area (Å²) < 4.78 is 17.0.